The normalized spacial score (nSPS) is 20.5. The van der Waals surface area contributed by atoms with Gasteiger partial charge in [0.15, 0.2) is 0 Å². The Morgan fingerprint density at radius 3 is 2.95 bits per heavy atom. The first-order valence-electron chi connectivity index (χ1n) is 8.04. The van der Waals surface area contributed by atoms with Gasteiger partial charge in [0, 0.05) is 37.0 Å². The molecule has 0 aromatic carbocycles. The van der Waals surface area contributed by atoms with Gasteiger partial charge in [-0.05, 0) is 38.8 Å². The van der Waals surface area contributed by atoms with Crippen molar-refractivity contribution in [3.8, 4) is 5.75 Å². The van der Waals surface area contributed by atoms with Crippen LogP contribution < -0.4 is 10.1 Å². The zero-order chi connectivity index (χ0) is 15.2. The number of aromatic nitrogens is 1. The minimum Gasteiger partial charge on any atom is -0.497 e. The van der Waals surface area contributed by atoms with Crippen molar-refractivity contribution in [2.75, 3.05) is 26.7 Å². The first-order chi connectivity index (χ1) is 10.1. The monoisotopic (exact) mass is 291 g/mol. The molecular weight excluding hydrogens is 262 g/mol. The first kappa shape index (κ1) is 16.2. The molecule has 118 valence electrons. The number of aryl methyl sites for hydroxylation is 1. The van der Waals surface area contributed by atoms with Gasteiger partial charge < -0.3 is 10.1 Å². The number of methoxy groups -OCH3 is 1. The number of hydrogen-bond donors (Lipinski definition) is 1. The summed E-state index contributed by atoms with van der Waals surface area (Å²) in [5, 5.41) is 3.68. The number of nitrogens with one attached hydrogen (secondary N) is 1. The number of rotatable bonds is 5. The van der Waals surface area contributed by atoms with E-state index in [9.17, 15) is 0 Å². The van der Waals surface area contributed by atoms with E-state index >= 15 is 0 Å². The lowest BCUT2D eigenvalue weighted by Gasteiger charge is -2.25. The highest BCUT2D eigenvalue weighted by atomic mass is 16.5. The summed E-state index contributed by atoms with van der Waals surface area (Å²) >= 11 is 0. The quantitative estimate of drug-likeness (QED) is 0.905. The molecule has 4 heteroatoms. The Morgan fingerprint density at radius 1 is 1.43 bits per heavy atom. The predicted molar refractivity (Wildman–Crippen MR) is 86.7 cm³/mol. The SMILES string of the molecule is COc1cc(C)nc(CN2CCCNC(CC(C)C)C2)c1. The summed E-state index contributed by atoms with van der Waals surface area (Å²) in [6.07, 6.45) is 2.44. The van der Waals surface area contributed by atoms with Crippen LogP contribution in [0.5, 0.6) is 5.75 Å². The maximum absolute atomic E-state index is 5.35. The predicted octanol–water partition coefficient (Wildman–Crippen LogP) is 2.61. The molecule has 1 aromatic rings. The largest absolute Gasteiger partial charge is 0.497 e. The van der Waals surface area contributed by atoms with Gasteiger partial charge in [0.25, 0.3) is 0 Å². The fourth-order valence-electron chi connectivity index (χ4n) is 3.08. The van der Waals surface area contributed by atoms with Crippen LogP contribution in [0.3, 0.4) is 0 Å². The molecule has 1 aliphatic heterocycles. The van der Waals surface area contributed by atoms with E-state index in [0.717, 1.165) is 49.2 Å². The van der Waals surface area contributed by atoms with Crippen molar-refractivity contribution in [1.82, 2.24) is 15.2 Å². The molecule has 2 heterocycles. The van der Waals surface area contributed by atoms with Gasteiger partial charge in [-0.25, -0.2) is 0 Å². The molecule has 1 unspecified atom stereocenters. The third-order valence-corrected chi connectivity index (χ3v) is 3.92. The molecular formula is C17H29N3O. The lowest BCUT2D eigenvalue weighted by atomic mass is 10.0. The summed E-state index contributed by atoms with van der Waals surface area (Å²) in [4.78, 5) is 7.17. The van der Waals surface area contributed by atoms with E-state index in [2.05, 4.69) is 35.1 Å². The van der Waals surface area contributed by atoms with Crippen LogP contribution >= 0.6 is 0 Å². The lowest BCUT2D eigenvalue weighted by Crippen LogP contribution is -2.38. The topological polar surface area (TPSA) is 37.4 Å². The van der Waals surface area contributed by atoms with Crippen molar-refractivity contribution in [2.45, 2.75) is 46.2 Å². The van der Waals surface area contributed by atoms with Gasteiger partial charge in [0.05, 0.1) is 12.8 Å². The molecule has 0 amide bonds. The molecule has 1 atom stereocenters. The van der Waals surface area contributed by atoms with E-state index in [-0.39, 0.29) is 0 Å². The van der Waals surface area contributed by atoms with Crippen LogP contribution in [0.4, 0.5) is 0 Å². The number of nitrogens with zero attached hydrogens (tertiary/aromatic N) is 2. The third kappa shape index (κ3) is 5.29. The molecule has 1 aromatic heterocycles. The van der Waals surface area contributed by atoms with E-state index in [1.54, 1.807) is 7.11 Å². The van der Waals surface area contributed by atoms with E-state index in [1.165, 1.54) is 12.8 Å². The Balaban J connectivity index is 2.01. The highest BCUT2D eigenvalue weighted by molar-refractivity contribution is 5.26. The van der Waals surface area contributed by atoms with Crippen molar-refractivity contribution in [1.29, 1.82) is 0 Å². The second kappa shape index (κ2) is 7.76. The summed E-state index contributed by atoms with van der Waals surface area (Å²) in [5.41, 5.74) is 2.13. The lowest BCUT2D eigenvalue weighted by molar-refractivity contribution is 0.244. The van der Waals surface area contributed by atoms with Crippen LogP contribution in [0.25, 0.3) is 0 Å². The summed E-state index contributed by atoms with van der Waals surface area (Å²) in [5.74, 6) is 1.64. The Bertz CT molecular complexity index is 448. The minimum absolute atomic E-state index is 0.596. The molecule has 1 fully saturated rings. The summed E-state index contributed by atoms with van der Waals surface area (Å²) in [6, 6.07) is 4.64. The molecule has 0 radical (unpaired) electrons. The maximum atomic E-state index is 5.35. The second-order valence-electron chi connectivity index (χ2n) is 6.51. The Kier molecular flexibility index (Phi) is 6.00. The van der Waals surface area contributed by atoms with Gasteiger partial charge in [-0.15, -0.1) is 0 Å². The summed E-state index contributed by atoms with van der Waals surface area (Å²) in [6.45, 7) is 10.9. The summed E-state index contributed by atoms with van der Waals surface area (Å²) in [7, 11) is 1.72. The summed E-state index contributed by atoms with van der Waals surface area (Å²) < 4.78 is 5.35. The van der Waals surface area contributed by atoms with Crippen molar-refractivity contribution in [2.24, 2.45) is 5.92 Å². The molecule has 0 spiro atoms. The van der Waals surface area contributed by atoms with Gasteiger partial charge in [-0.3, -0.25) is 9.88 Å². The first-order valence-corrected chi connectivity index (χ1v) is 8.04. The number of ether oxygens (including phenoxy) is 1. The Morgan fingerprint density at radius 2 is 2.24 bits per heavy atom. The number of pyridine rings is 1. The maximum Gasteiger partial charge on any atom is 0.122 e. The van der Waals surface area contributed by atoms with Crippen LogP contribution in [0, 0.1) is 12.8 Å². The Labute approximate surface area is 128 Å². The zero-order valence-electron chi connectivity index (χ0n) is 13.9. The van der Waals surface area contributed by atoms with Crippen molar-refractivity contribution >= 4 is 0 Å². The van der Waals surface area contributed by atoms with Gasteiger partial charge in [-0.1, -0.05) is 13.8 Å². The molecule has 0 saturated carbocycles. The Hall–Kier alpha value is -1.13. The number of hydrogen-bond acceptors (Lipinski definition) is 4. The molecule has 1 saturated heterocycles. The van der Waals surface area contributed by atoms with Gasteiger partial charge in [-0.2, -0.15) is 0 Å². The second-order valence-corrected chi connectivity index (χ2v) is 6.51. The standard InChI is InChI=1S/C17H29N3O/c1-13(2)8-15-11-20(7-5-6-18-15)12-16-10-17(21-4)9-14(3)19-16/h9-10,13,15,18H,5-8,11-12H2,1-4H3. The fraction of sp³-hybridized carbons (Fsp3) is 0.706. The van der Waals surface area contributed by atoms with E-state index in [1.807, 2.05) is 13.0 Å². The molecule has 2 rings (SSSR count). The fourth-order valence-corrected chi connectivity index (χ4v) is 3.08. The minimum atomic E-state index is 0.596. The third-order valence-electron chi connectivity index (χ3n) is 3.92. The molecule has 0 aliphatic carbocycles. The van der Waals surface area contributed by atoms with Crippen molar-refractivity contribution in [3.63, 3.8) is 0 Å². The molecule has 1 aliphatic rings. The molecule has 21 heavy (non-hydrogen) atoms. The van der Waals surface area contributed by atoms with Gasteiger partial charge >= 0.3 is 0 Å². The van der Waals surface area contributed by atoms with Crippen molar-refractivity contribution in [3.05, 3.63) is 23.5 Å². The average Bonchev–Trinajstić information content (AvgIpc) is 2.62. The zero-order valence-corrected chi connectivity index (χ0v) is 13.9. The molecule has 1 N–H and O–H groups in total. The van der Waals surface area contributed by atoms with Gasteiger partial charge in [0.1, 0.15) is 5.75 Å². The van der Waals surface area contributed by atoms with Crippen LogP contribution in [-0.2, 0) is 6.54 Å². The highest BCUT2D eigenvalue weighted by Gasteiger charge is 2.19. The van der Waals surface area contributed by atoms with Gasteiger partial charge in [0.2, 0.25) is 0 Å². The van der Waals surface area contributed by atoms with Crippen LogP contribution in [0.1, 0.15) is 38.1 Å². The molecule has 4 nitrogen and oxygen atoms in total. The smallest absolute Gasteiger partial charge is 0.122 e. The molecule has 0 bridgehead atoms. The van der Waals surface area contributed by atoms with Crippen LogP contribution in [0.2, 0.25) is 0 Å². The van der Waals surface area contributed by atoms with E-state index in [4.69, 9.17) is 4.74 Å². The highest BCUT2D eigenvalue weighted by Crippen LogP contribution is 2.16. The average molecular weight is 291 g/mol. The van der Waals surface area contributed by atoms with E-state index in [0.29, 0.717) is 6.04 Å². The van der Waals surface area contributed by atoms with Crippen LogP contribution in [-0.4, -0.2) is 42.7 Å². The van der Waals surface area contributed by atoms with E-state index < -0.39 is 0 Å². The van der Waals surface area contributed by atoms with Crippen molar-refractivity contribution < 1.29 is 4.74 Å². The van der Waals surface area contributed by atoms with Crippen LogP contribution in [0.15, 0.2) is 12.1 Å².